The largest absolute Gasteiger partial charge is 0.496 e. The lowest BCUT2D eigenvalue weighted by molar-refractivity contribution is -0.141. The van der Waals surface area contributed by atoms with Crippen LogP contribution in [0.2, 0.25) is 0 Å². The van der Waals surface area contributed by atoms with Gasteiger partial charge in [-0.3, -0.25) is 4.79 Å². The first-order valence-electron chi connectivity index (χ1n) is 11.5. The maximum Gasteiger partial charge on any atom is 0.326 e. The molecule has 9 heteroatoms. The van der Waals surface area contributed by atoms with E-state index in [1.54, 1.807) is 24.3 Å². The number of carbonyl (C=O) groups is 2. The van der Waals surface area contributed by atoms with Crippen LogP contribution in [0.4, 0.5) is 4.39 Å². The zero-order chi connectivity index (χ0) is 24.9. The number of benzene rings is 2. The minimum absolute atomic E-state index is 0.0272. The molecule has 8 nitrogen and oxygen atoms in total. The van der Waals surface area contributed by atoms with Crippen LogP contribution in [0.15, 0.2) is 48.5 Å². The lowest BCUT2D eigenvalue weighted by Crippen LogP contribution is -2.46. The summed E-state index contributed by atoms with van der Waals surface area (Å²) in [6.07, 6.45) is 4.47. The number of methoxy groups -OCH3 is 2. The van der Waals surface area contributed by atoms with Gasteiger partial charge in [-0.2, -0.15) is 5.10 Å². The number of rotatable bonds is 8. The number of carboxylic acids is 1. The number of amides is 1. The van der Waals surface area contributed by atoms with E-state index in [2.05, 4.69) is 10.4 Å². The molecular weight excluding hydrogens is 453 g/mol. The van der Waals surface area contributed by atoms with E-state index in [4.69, 9.17) is 9.47 Å². The average molecular weight is 482 g/mol. The molecule has 1 heterocycles. The average Bonchev–Trinajstić information content (AvgIpc) is 3.32. The molecule has 1 aliphatic carbocycles. The Morgan fingerprint density at radius 2 is 1.69 bits per heavy atom. The fraction of sp³-hybridized carbons (Fsp3) is 0.346. The number of nitrogens with zero attached hydrogens (tertiary/aromatic N) is 2. The van der Waals surface area contributed by atoms with E-state index in [1.807, 2.05) is 0 Å². The molecule has 1 amide bonds. The summed E-state index contributed by atoms with van der Waals surface area (Å²) in [5.41, 5.74) is 1.56. The highest BCUT2D eigenvalue weighted by atomic mass is 19.1. The van der Waals surface area contributed by atoms with Gasteiger partial charge in [-0.05, 0) is 61.2 Å². The molecule has 4 rings (SSSR count). The van der Waals surface area contributed by atoms with E-state index in [1.165, 1.54) is 43.2 Å². The zero-order valence-corrected chi connectivity index (χ0v) is 19.7. The number of ether oxygens (including phenoxy) is 2. The van der Waals surface area contributed by atoms with E-state index in [-0.39, 0.29) is 11.6 Å². The molecular formula is C26H28FN3O5. The Hall–Kier alpha value is -3.88. The molecule has 1 fully saturated rings. The predicted octanol–water partition coefficient (Wildman–Crippen LogP) is 4.46. The van der Waals surface area contributed by atoms with Gasteiger partial charge in [-0.1, -0.05) is 25.3 Å². The van der Waals surface area contributed by atoms with Crippen molar-refractivity contribution >= 4 is 11.9 Å². The normalized spacial score (nSPS) is 14.8. The SMILES string of the molecule is COc1cccc(OC)c1-c1cc(C(=O)N[C@@H](C(=O)O)C2CCCCC2)nn1-c1ccc(F)cc1. The first-order chi connectivity index (χ1) is 16.9. The van der Waals surface area contributed by atoms with Crippen LogP contribution in [0, 0.1) is 11.7 Å². The molecule has 0 radical (unpaired) electrons. The van der Waals surface area contributed by atoms with Crippen molar-refractivity contribution in [3.8, 4) is 28.4 Å². The van der Waals surface area contributed by atoms with E-state index >= 15 is 0 Å². The lowest BCUT2D eigenvalue weighted by Gasteiger charge is -2.27. The van der Waals surface area contributed by atoms with Crippen LogP contribution in [0.1, 0.15) is 42.6 Å². The van der Waals surface area contributed by atoms with Gasteiger partial charge in [-0.15, -0.1) is 0 Å². The molecule has 1 aliphatic rings. The number of halogens is 1. The van der Waals surface area contributed by atoms with Crippen molar-refractivity contribution in [1.29, 1.82) is 0 Å². The molecule has 2 aromatic carbocycles. The summed E-state index contributed by atoms with van der Waals surface area (Å²) < 4.78 is 26.2. The van der Waals surface area contributed by atoms with Gasteiger partial charge in [-0.25, -0.2) is 13.9 Å². The second kappa shape index (κ2) is 10.6. The second-order valence-electron chi connectivity index (χ2n) is 8.53. The summed E-state index contributed by atoms with van der Waals surface area (Å²) in [4.78, 5) is 25.2. The van der Waals surface area contributed by atoms with Gasteiger partial charge >= 0.3 is 5.97 Å². The molecule has 1 atom stereocenters. The van der Waals surface area contributed by atoms with Crippen LogP contribution in [-0.2, 0) is 4.79 Å². The number of aromatic nitrogens is 2. The van der Waals surface area contributed by atoms with Gasteiger partial charge in [0.15, 0.2) is 5.69 Å². The number of aliphatic carboxylic acids is 1. The third-order valence-electron chi connectivity index (χ3n) is 6.37. The zero-order valence-electron chi connectivity index (χ0n) is 19.7. The molecule has 0 spiro atoms. The van der Waals surface area contributed by atoms with Gasteiger partial charge < -0.3 is 19.9 Å². The van der Waals surface area contributed by atoms with Crippen molar-refractivity contribution in [3.63, 3.8) is 0 Å². The lowest BCUT2D eigenvalue weighted by atomic mass is 9.84. The van der Waals surface area contributed by atoms with Crippen molar-refractivity contribution in [3.05, 3.63) is 60.0 Å². The summed E-state index contributed by atoms with van der Waals surface area (Å²) in [7, 11) is 3.04. The maximum atomic E-state index is 13.6. The highest BCUT2D eigenvalue weighted by Crippen LogP contribution is 2.39. The molecule has 3 aromatic rings. The topological polar surface area (TPSA) is 103 Å². The van der Waals surface area contributed by atoms with Crippen LogP contribution in [-0.4, -0.2) is 47.0 Å². The third kappa shape index (κ3) is 5.13. The molecule has 184 valence electrons. The van der Waals surface area contributed by atoms with E-state index in [0.717, 1.165) is 32.1 Å². The van der Waals surface area contributed by atoms with Gasteiger partial charge in [0.1, 0.15) is 23.4 Å². The quantitative estimate of drug-likeness (QED) is 0.493. The Bertz CT molecular complexity index is 1180. The monoisotopic (exact) mass is 481 g/mol. The van der Waals surface area contributed by atoms with E-state index in [0.29, 0.717) is 28.4 Å². The number of nitrogens with one attached hydrogen (secondary N) is 1. The first kappa shape index (κ1) is 24.3. The number of carbonyl (C=O) groups excluding carboxylic acids is 1. The second-order valence-corrected chi connectivity index (χ2v) is 8.53. The molecule has 2 N–H and O–H groups in total. The van der Waals surface area contributed by atoms with Gasteiger partial charge in [0.25, 0.3) is 5.91 Å². The van der Waals surface area contributed by atoms with Crippen molar-refractivity contribution in [1.82, 2.24) is 15.1 Å². The molecule has 0 bridgehead atoms. The Morgan fingerprint density at radius 3 is 2.26 bits per heavy atom. The number of hydrogen-bond acceptors (Lipinski definition) is 5. The standard InChI is InChI=1S/C26H28FN3O5/c1-34-21-9-6-10-22(35-2)23(21)20-15-19(29-30(20)18-13-11-17(27)12-14-18)25(31)28-24(26(32)33)16-7-4-3-5-8-16/h6,9-16,24H,3-5,7-8H2,1-2H3,(H,28,31)(H,32,33)/t24-/m1/s1. The molecule has 0 saturated heterocycles. The van der Waals surface area contributed by atoms with Gasteiger partial charge in [0.2, 0.25) is 0 Å². The molecule has 35 heavy (non-hydrogen) atoms. The van der Waals surface area contributed by atoms with Crippen LogP contribution in [0.3, 0.4) is 0 Å². The van der Waals surface area contributed by atoms with E-state index in [9.17, 15) is 19.1 Å². The number of hydrogen-bond donors (Lipinski definition) is 2. The third-order valence-corrected chi connectivity index (χ3v) is 6.37. The van der Waals surface area contributed by atoms with Crippen LogP contribution in [0.5, 0.6) is 11.5 Å². The van der Waals surface area contributed by atoms with Crippen LogP contribution < -0.4 is 14.8 Å². The molecule has 1 aromatic heterocycles. The fourth-order valence-corrected chi connectivity index (χ4v) is 4.62. The summed E-state index contributed by atoms with van der Waals surface area (Å²) >= 11 is 0. The highest BCUT2D eigenvalue weighted by molar-refractivity contribution is 5.96. The molecule has 0 aliphatic heterocycles. The van der Waals surface area contributed by atoms with Crippen LogP contribution >= 0.6 is 0 Å². The molecule has 1 saturated carbocycles. The van der Waals surface area contributed by atoms with Crippen molar-refractivity contribution in [2.75, 3.05) is 14.2 Å². The smallest absolute Gasteiger partial charge is 0.326 e. The fourth-order valence-electron chi connectivity index (χ4n) is 4.62. The van der Waals surface area contributed by atoms with E-state index < -0.39 is 23.7 Å². The van der Waals surface area contributed by atoms with Crippen molar-refractivity contribution < 1.29 is 28.6 Å². The predicted molar refractivity (Wildman–Crippen MR) is 128 cm³/mol. The van der Waals surface area contributed by atoms with Crippen molar-refractivity contribution in [2.24, 2.45) is 5.92 Å². The Balaban J connectivity index is 1.78. The number of carboxylic acid groups (broad SMARTS) is 1. The summed E-state index contributed by atoms with van der Waals surface area (Å²) in [6.45, 7) is 0. The summed E-state index contributed by atoms with van der Waals surface area (Å²) in [5.74, 6) is -1.21. The Labute approximate surface area is 202 Å². The maximum absolute atomic E-state index is 13.6. The van der Waals surface area contributed by atoms with Crippen molar-refractivity contribution in [2.45, 2.75) is 38.1 Å². The first-order valence-corrected chi connectivity index (χ1v) is 11.5. The van der Waals surface area contributed by atoms with Crippen LogP contribution in [0.25, 0.3) is 16.9 Å². The summed E-state index contributed by atoms with van der Waals surface area (Å²) in [6, 6.07) is 11.5. The minimum Gasteiger partial charge on any atom is -0.496 e. The Morgan fingerprint density at radius 1 is 1.06 bits per heavy atom. The van der Waals surface area contributed by atoms with Gasteiger partial charge in [0, 0.05) is 0 Å². The Kier molecular flexibility index (Phi) is 7.33. The minimum atomic E-state index is -1.06. The summed E-state index contributed by atoms with van der Waals surface area (Å²) in [5, 5.41) is 16.9. The highest BCUT2D eigenvalue weighted by Gasteiger charge is 2.32. The molecule has 0 unspecified atom stereocenters. The van der Waals surface area contributed by atoms with Gasteiger partial charge in [0.05, 0.1) is 31.2 Å².